The van der Waals surface area contributed by atoms with Crippen molar-refractivity contribution in [2.24, 2.45) is 0 Å². The van der Waals surface area contributed by atoms with Gasteiger partial charge in [-0.25, -0.2) is 0 Å². The Kier molecular flexibility index (Phi) is 7.37. The van der Waals surface area contributed by atoms with Gasteiger partial charge in [-0.1, -0.05) is 24.1 Å². The number of carbonyl (C=O) groups is 1. The standard InChI is InChI=1S/C29H27F3N6O/c1-19-4-3-5-24-26(35-36-27(19)24)9-6-20-14-22(17-33-16-20)28(39)34-23-8-7-21(25(15-23)29(30,31)32)18-38-12-10-37(2)11-13-38/h3-5,7-8,14-17H,10-13,18H2,1-2H3,(H,34,39)(H,35,36). The molecule has 0 spiro atoms. The zero-order valence-electron chi connectivity index (χ0n) is 21.6. The Morgan fingerprint density at radius 1 is 1.08 bits per heavy atom. The number of aromatic nitrogens is 3. The van der Waals surface area contributed by atoms with Crippen LogP contribution >= 0.6 is 0 Å². The van der Waals surface area contributed by atoms with Crippen LogP contribution in [0, 0.1) is 18.8 Å². The molecule has 4 aromatic rings. The first kappa shape index (κ1) is 26.4. The van der Waals surface area contributed by atoms with Crippen LogP contribution in [0.2, 0.25) is 0 Å². The van der Waals surface area contributed by atoms with Gasteiger partial charge in [-0.3, -0.25) is 19.8 Å². The Balaban J connectivity index is 1.33. The number of anilines is 1. The number of halogens is 3. The second kappa shape index (κ2) is 10.9. The number of piperazine rings is 1. The number of aryl methyl sites for hydroxylation is 1. The van der Waals surface area contributed by atoms with Gasteiger partial charge in [-0.2, -0.15) is 18.3 Å². The maximum absolute atomic E-state index is 13.9. The summed E-state index contributed by atoms with van der Waals surface area (Å²) >= 11 is 0. The van der Waals surface area contributed by atoms with E-state index in [-0.39, 0.29) is 23.4 Å². The first-order valence-electron chi connectivity index (χ1n) is 12.5. The van der Waals surface area contributed by atoms with Crippen molar-refractivity contribution < 1.29 is 18.0 Å². The summed E-state index contributed by atoms with van der Waals surface area (Å²) < 4.78 is 41.7. The summed E-state index contributed by atoms with van der Waals surface area (Å²) in [6, 6.07) is 11.3. The van der Waals surface area contributed by atoms with Crippen LogP contribution in [0.3, 0.4) is 0 Å². The van der Waals surface area contributed by atoms with Crippen molar-refractivity contribution in [1.82, 2.24) is 25.0 Å². The third-order valence-electron chi connectivity index (χ3n) is 6.80. The molecule has 2 aromatic heterocycles. The van der Waals surface area contributed by atoms with Gasteiger partial charge in [-0.05, 0) is 55.3 Å². The fraction of sp³-hybridized carbons (Fsp3) is 0.276. The summed E-state index contributed by atoms with van der Waals surface area (Å²) in [6.45, 7) is 5.20. The van der Waals surface area contributed by atoms with E-state index in [1.807, 2.05) is 37.1 Å². The number of carbonyl (C=O) groups excluding carboxylic acids is 1. The highest BCUT2D eigenvalue weighted by Gasteiger charge is 2.34. The van der Waals surface area contributed by atoms with Crippen LogP contribution < -0.4 is 5.32 Å². The predicted molar refractivity (Wildman–Crippen MR) is 143 cm³/mol. The molecule has 0 saturated carbocycles. The number of likely N-dealkylation sites (N-methyl/N-ethyl adjacent to an activating group) is 1. The highest BCUT2D eigenvalue weighted by molar-refractivity contribution is 6.04. The quantitative estimate of drug-likeness (QED) is 0.373. The molecule has 0 unspecified atom stereocenters. The van der Waals surface area contributed by atoms with Crippen LogP contribution in [-0.2, 0) is 12.7 Å². The molecule has 0 aliphatic carbocycles. The number of para-hydroxylation sites is 1. The Morgan fingerprint density at radius 2 is 1.87 bits per heavy atom. The Bertz CT molecular complexity index is 1580. The summed E-state index contributed by atoms with van der Waals surface area (Å²) in [5.41, 5.74) is 2.67. The summed E-state index contributed by atoms with van der Waals surface area (Å²) in [7, 11) is 2.00. The van der Waals surface area contributed by atoms with Crippen LogP contribution in [0.25, 0.3) is 10.9 Å². The number of pyridine rings is 1. The molecule has 0 atom stereocenters. The third kappa shape index (κ3) is 6.11. The highest BCUT2D eigenvalue weighted by Crippen LogP contribution is 2.34. The molecule has 3 heterocycles. The van der Waals surface area contributed by atoms with Gasteiger partial charge in [0.25, 0.3) is 5.91 Å². The average molecular weight is 533 g/mol. The predicted octanol–water partition coefficient (Wildman–Crippen LogP) is 4.68. The number of amides is 1. The fourth-order valence-electron chi connectivity index (χ4n) is 4.55. The molecule has 7 nitrogen and oxygen atoms in total. The molecule has 1 saturated heterocycles. The molecule has 1 amide bonds. The number of alkyl halides is 3. The molecule has 1 aliphatic heterocycles. The molecule has 2 aromatic carbocycles. The Morgan fingerprint density at radius 3 is 2.64 bits per heavy atom. The van der Waals surface area contributed by atoms with E-state index >= 15 is 0 Å². The average Bonchev–Trinajstić information content (AvgIpc) is 3.33. The van der Waals surface area contributed by atoms with Crippen molar-refractivity contribution >= 4 is 22.5 Å². The number of hydrogen-bond acceptors (Lipinski definition) is 5. The lowest BCUT2D eigenvalue weighted by Gasteiger charge is -2.33. The SMILES string of the molecule is Cc1cccc2c(C#Cc3cncc(C(=O)Nc4ccc(CN5CCN(C)CC5)c(C(F)(F)F)c4)c3)n[nH]c12. The van der Waals surface area contributed by atoms with Gasteiger partial charge in [0.05, 0.1) is 16.6 Å². The minimum absolute atomic E-state index is 0.0595. The van der Waals surface area contributed by atoms with E-state index in [0.29, 0.717) is 24.3 Å². The smallest absolute Gasteiger partial charge is 0.322 e. The second-order valence-electron chi connectivity index (χ2n) is 9.69. The summed E-state index contributed by atoms with van der Waals surface area (Å²) in [5.74, 6) is 5.38. The van der Waals surface area contributed by atoms with Gasteiger partial charge in [0.1, 0.15) is 5.69 Å². The summed E-state index contributed by atoms with van der Waals surface area (Å²) in [6.07, 6.45) is -1.69. The molecule has 2 N–H and O–H groups in total. The Hall–Kier alpha value is -4.20. The van der Waals surface area contributed by atoms with Crippen LogP contribution in [-0.4, -0.2) is 64.1 Å². The zero-order valence-corrected chi connectivity index (χ0v) is 21.6. The molecular weight excluding hydrogens is 505 g/mol. The van der Waals surface area contributed by atoms with E-state index in [0.717, 1.165) is 35.6 Å². The van der Waals surface area contributed by atoms with E-state index in [1.165, 1.54) is 24.5 Å². The maximum Gasteiger partial charge on any atom is 0.416 e. The summed E-state index contributed by atoms with van der Waals surface area (Å²) in [5, 5.41) is 10.7. The number of aromatic amines is 1. The number of nitrogens with zero attached hydrogens (tertiary/aromatic N) is 4. The van der Waals surface area contributed by atoms with Crippen molar-refractivity contribution in [3.05, 3.63) is 88.4 Å². The van der Waals surface area contributed by atoms with E-state index in [9.17, 15) is 18.0 Å². The second-order valence-corrected chi connectivity index (χ2v) is 9.69. The van der Waals surface area contributed by atoms with Gasteiger partial charge < -0.3 is 10.2 Å². The molecule has 0 bridgehead atoms. The number of hydrogen-bond donors (Lipinski definition) is 2. The monoisotopic (exact) mass is 532 g/mol. The third-order valence-corrected chi connectivity index (χ3v) is 6.80. The molecule has 1 fully saturated rings. The van der Waals surface area contributed by atoms with Crippen molar-refractivity contribution in [2.75, 3.05) is 38.5 Å². The van der Waals surface area contributed by atoms with Crippen LogP contribution in [0.4, 0.5) is 18.9 Å². The van der Waals surface area contributed by atoms with E-state index < -0.39 is 17.6 Å². The van der Waals surface area contributed by atoms with Gasteiger partial charge in [-0.15, -0.1) is 0 Å². The van der Waals surface area contributed by atoms with Gasteiger partial charge in [0, 0.05) is 61.8 Å². The lowest BCUT2D eigenvalue weighted by molar-refractivity contribution is -0.138. The maximum atomic E-state index is 13.9. The van der Waals surface area contributed by atoms with Crippen molar-refractivity contribution in [3.8, 4) is 11.8 Å². The number of nitrogens with one attached hydrogen (secondary N) is 2. The Labute approximate surface area is 224 Å². The highest BCUT2D eigenvalue weighted by atomic mass is 19.4. The fourth-order valence-corrected chi connectivity index (χ4v) is 4.55. The van der Waals surface area contributed by atoms with Gasteiger partial charge in [0.15, 0.2) is 0 Å². The van der Waals surface area contributed by atoms with E-state index in [1.54, 1.807) is 6.07 Å². The normalized spacial score (nSPS) is 14.7. The molecular formula is C29H27F3N6O. The van der Waals surface area contributed by atoms with Gasteiger partial charge >= 0.3 is 6.18 Å². The first-order chi connectivity index (χ1) is 18.7. The zero-order chi connectivity index (χ0) is 27.6. The number of benzene rings is 2. The van der Waals surface area contributed by atoms with Gasteiger partial charge in [0.2, 0.25) is 0 Å². The molecule has 5 rings (SSSR count). The van der Waals surface area contributed by atoms with Crippen LogP contribution in [0.15, 0.2) is 54.9 Å². The first-order valence-corrected chi connectivity index (χ1v) is 12.5. The number of fused-ring (bicyclic) bond motifs is 1. The van der Waals surface area contributed by atoms with Crippen molar-refractivity contribution in [3.63, 3.8) is 0 Å². The van der Waals surface area contributed by atoms with E-state index in [4.69, 9.17) is 0 Å². The van der Waals surface area contributed by atoms with Crippen molar-refractivity contribution in [1.29, 1.82) is 0 Å². The largest absolute Gasteiger partial charge is 0.416 e. The molecule has 0 radical (unpaired) electrons. The summed E-state index contributed by atoms with van der Waals surface area (Å²) in [4.78, 5) is 21.1. The molecule has 39 heavy (non-hydrogen) atoms. The van der Waals surface area contributed by atoms with Crippen LogP contribution in [0.1, 0.15) is 38.3 Å². The minimum Gasteiger partial charge on any atom is -0.322 e. The number of rotatable bonds is 4. The lowest BCUT2D eigenvalue weighted by atomic mass is 10.0. The molecule has 1 aliphatic rings. The van der Waals surface area contributed by atoms with Crippen molar-refractivity contribution in [2.45, 2.75) is 19.6 Å². The number of H-pyrrole nitrogens is 1. The van der Waals surface area contributed by atoms with Crippen LogP contribution in [0.5, 0.6) is 0 Å². The molecule has 10 heteroatoms. The topological polar surface area (TPSA) is 77.2 Å². The molecule has 200 valence electrons. The minimum atomic E-state index is -4.55. The lowest BCUT2D eigenvalue weighted by Crippen LogP contribution is -2.44. The van der Waals surface area contributed by atoms with E-state index in [2.05, 4.69) is 37.2 Å².